The molecule has 0 aliphatic rings. The zero-order chi connectivity index (χ0) is 14.9. The van der Waals surface area contributed by atoms with Crippen LogP contribution in [-0.2, 0) is 9.84 Å². The molecule has 6 nitrogen and oxygen atoms in total. The van der Waals surface area contributed by atoms with Gasteiger partial charge < -0.3 is 5.73 Å². The Balaban J connectivity index is 2.33. The molecule has 0 saturated heterocycles. The van der Waals surface area contributed by atoms with Crippen molar-refractivity contribution >= 4 is 33.6 Å². The molecule has 2 N–H and O–H groups in total. The van der Waals surface area contributed by atoms with E-state index < -0.39 is 9.84 Å². The maximum Gasteiger partial charge on any atom is 0.221 e. The first kappa shape index (κ1) is 14.5. The molecule has 1 aromatic heterocycles. The van der Waals surface area contributed by atoms with Crippen molar-refractivity contribution in [1.29, 1.82) is 0 Å². The highest BCUT2D eigenvalue weighted by Gasteiger charge is 2.09. The number of imidazole rings is 1. The molecule has 2 rings (SSSR count). The Hall–Kier alpha value is -1.86. The van der Waals surface area contributed by atoms with Crippen LogP contribution in [0, 0.1) is 6.92 Å². The molecular weight excluding hydrogens is 300 g/mol. The van der Waals surface area contributed by atoms with Crippen LogP contribution in [0.3, 0.4) is 0 Å². The molecule has 8 heteroatoms. The second kappa shape index (κ2) is 5.26. The lowest BCUT2D eigenvalue weighted by atomic mass is 10.2. The van der Waals surface area contributed by atoms with Gasteiger partial charge in [-0.2, -0.15) is 5.10 Å². The van der Waals surface area contributed by atoms with Gasteiger partial charge in [0.25, 0.3) is 0 Å². The minimum absolute atomic E-state index is 0.164. The topological polar surface area (TPSA) is 90.3 Å². The molecular formula is C12H13ClN4O2S. The Labute approximate surface area is 121 Å². The monoisotopic (exact) mass is 312 g/mol. The van der Waals surface area contributed by atoms with Crippen molar-refractivity contribution in [3.05, 3.63) is 40.7 Å². The van der Waals surface area contributed by atoms with Gasteiger partial charge in [0.1, 0.15) is 0 Å². The fourth-order valence-electron chi connectivity index (χ4n) is 1.56. The maximum atomic E-state index is 11.4. The van der Waals surface area contributed by atoms with E-state index >= 15 is 0 Å². The summed E-state index contributed by atoms with van der Waals surface area (Å²) >= 11 is 6.03. The van der Waals surface area contributed by atoms with Gasteiger partial charge >= 0.3 is 0 Å². The van der Waals surface area contributed by atoms with Crippen molar-refractivity contribution in [3.8, 4) is 0 Å². The summed E-state index contributed by atoms with van der Waals surface area (Å²) in [5.74, 6) is 0.266. The molecule has 0 aliphatic heterocycles. The number of hydrogen-bond donors (Lipinski definition) is 1. The third kappa shape index (κ3) is 3.17. The van der Waals surface area contributed by atoms with E-state index in [1.165, 1.54) is 23.0 Å². The molecule has 106 valence electrons. The van der Waals surface area contributed by atoms with Gasteiger partial charge in [-0.05, 0) is 19.1 Å². The third-order valence-electron chi connectivity index (χ3n) is 2.56. The molecule has 1 aromatic carbocycles. The lowest BCUT2D eigenvalue weighted by Gasteiger charge is -2.02. The molecule has 0 unspecified atom stereocenters. The van der Waals surface area contributed by atoms with Gasteiger partial charge in [0.2, 0.25) is 5.95 Å². The van der Waals surface area contributed by atoms with Gasteiger partial charge in [-0.25, -0.2) is 18.1 Å². The molecule has 1 heterocycles. The smallest absolute Gasteiger partial charge is 0.221 e. The fourth-order valence-corrected chi connectivity index (χ4v) is 2.51. The summed E-state index contributed by atoms with van der Waals surface area (Å²) in [5, 5.41) is 4.42. The van der Waals surface area contributed by atoms with Gasteiger partial charge in [0.15, 0.2) is 9.84 Å². The number of anilines is 1. The number of benzene rings is 1. The van der Waals surface area contributed by atoms with Crippen molar-refractivity contribution in [2.45, 2.75) is 11.8 Å². The summed E-state index contributed by atoms with van der Waals surface area (Å²) in [6.07, 6.45) is 4.29. The lowest BCUT2D eigenvalue weighted by molar-refractivity contribution is 0.602. The second-order valence-corrected chi connectivity index (χ2v) is 6.71. The Morgan fingerprint density at radius 2 is 2.15 bits per heavy atom. The number of hydrogen-bond acceptors (Lipinski definition) is 5. The summed E-state index contributed by atoms with van der Waals surface area (Å²) < 4.78 is 24.2. The standard InChI is InChI=1S/C12H13ClN4O2S/c1-8-7-17(12(14)16-8)15-6-9-3-4-10(5-11(9)13)20(2,18)19/h3-7H,1-2H3,(H2,14,16). The van der Waals surface area contributed by atoms with Crippen LogP contribution in [0.2, 0.25) is 5.02 Å². The first-order chi connectivity index (χ1) is 9.27. The summed E-state index contributed by atoms with van der Waals surface area (Å²) in [6.45, 7) is 1.80. The van der Waals surface area contributed by atoms with E-state index in [1.54, 1.807) is 19.2 Å². The van der Waals surface area contributed by atoms with Crippen LogP contribution in [0.5, 0.6) is 0 Å². The number of nitrogens with two attached hydrogens (primary N) is 1. The Bertz CT molecular complexity index is 781. The highest BCUT2D eigenvalue weighted by atomic mass is 35.5. The van der Waals surface area contributed by atoms with Crippen LogP contribution in [0.4, 0.5) is 5.95 Å². The van der Waals surface area contributed by atoms with E-state index in [9.17, 15) is 8.42 Å². The average molecular weight is 313 g/mol. The normalized spacial score (nSPS) is 12.2. The van der Waals surface area contributed by atoms with E-state index in [0.29, 0.717) is 10.6 Å². The Morgan fingerprint density at radius 3 is 2.65 bits per heavy atom. The summed E-state index contributed by atoms with van der Waals surface area (Å²) in [5.41, 5.74) is 6.99. The van der Waals surface area contributed by atoms with Gasteiger partial charge in [-0.3, -0.25) is 0 Å². The molecule has 0 amide bonds. The van der Waals surface area contributed by atoms with E-state index in [-0.39, 0.29) is 10.8 Å². The van der Waals surface area contributed by atoms with E-state index in [4.69, 9.17) is 17.3 Å². The van der Waals surface area contributed by atoms with E-state index in [0.717, 1.165) is 11.9 Å². The van der Waals surface area contributed by atoms with Crippen LogP contribution < -0.4 is 5.73 Å². The predicted octanol–water partition coefficient (Wildman–Crippen LogP) is 1.71. The molecule has 0 bridgehead atoms. The number of rotatable bonds is 3. The number of halogens is 1. The first-order valence-corrected chi connectivity index (χ1v) is 7.90. The van der Waals surface area contributed by atoms with Crippen molar-refractivity contribution in [3.63, 3.8) is 0 Å². The number of sulfone groups is 1. The second-order valence-electron chi connectivity index (χ2n) is 4.29. The largest absolute Gasteiger partial charge is 0.368 e. The molecule has 0 fully saturated rings. The number of nitrogens with zero attached hydrogens (tertiary/aromatic N) is 3. The summed E-state index contributed by atoms with van der Waals surface area (Å²) in [7, 11) is -3.28. The summed E-state index contributed by atoms with van der Waals surface area (Å²) in [4.78, 5) is 4.17. The molecule has 0 aliphatic carbocycles. The van der Waals surface area contributed by atoms with Crippen LogP contribution in [0.15, 0.2) is 34.4 Å². The zero-order valence-electron chi connectivity index (χ0n) is 10.9. The van der Waals surface area contributed by atoms with E-state index in [1.807, 2.05) is 0 Å². The minimum atomic E-state index is -3.28. The lowest BCUT2D eigenvalue weighted by Crippen LogP contribution is -1.99. The van der Waals surface area contributed by atoms with Gasteiger partial charge in [-0.1, -0.05) is 17.7 Å². The number of aromatic nitrogens is 2. The molecule has 0 atom stereocenters. The van der Waals surface area contributed by atoms with Crippen LogP contribution >= 0.6 is 11.6 Å². The fraction of sp³-hybridized carbons (Fsp3) is 0.167. The van der Waals surface area contributed by atoms with Crippen molar-refractivity contribution in [2.75, 3.05) is 12.0 Å². The molecule has 20 heavy (non-hydrogen) atoms. The molecule has 0 spiro atoms. The quantitative estimate of drug-likeness (QED) is 0.874. The van der Waals surface area contributed by atoms with Gasteiger partial charge in [0.05, 0.1) is 28.0 Å². The molecule has 2 aromatic rings. The highest BCUT2D eigenvalue weighted by molar-refractivity contribution is 7.90. The van der Waals surface area contributed by atoms with Gasteiger partial charge in [0, 0.05) is 11.8 Å². The summed E-state index contributed by atoms with van der Waals surface area (Å²) in [6, 6.07) is 4.45. The van der Waals surface area contributed by atoms with Crippen LogP contribution in [0.1, 0.15) is 11.3 Å². The number of aryl methyl sites for hydroxylation is 1. The Kier molecular flexibility index (Phi) is 3.82. The van der Waals surface area contributed by atoms with Crippen molar-refractivity contribution < 1.29 is 8.42 Å². The van der Waals surface area contributed by atoms with Crippen molar-refractivity contribution in [1.82, 2.24) is 9.66 Å². The first-order valence-electron chi connectivity index (χ1n) is 5.63. The predicted molar refractivity (Wildman–Crippen MR) is 78.9 cm³/mol. The maximum absolute atomic E-state index is 11.4. The van der Waals surface area contributed by atoms with Crippen LogP contribution in [-0.4, -0.2) is 30.5 Å². The zero-order valence-corrected chi connectivity index (χ0v) is 12.5. The molecule has 0 saturated carbocycles. The highest BCUT2D eigenvalue weighted by Crippen LogP contribution is 2.19. The van der Waals surface area contributed by atoms with Gasteiger partial charge in [-0.15, -0.1) is 0 Å². The van der Waals surface area contributed by atoms with Crippen molar-refractivity contribution in [2.24, 2.45) is 5.10 Å². The minimum Gasteiger partial charge on any atom is -0.368 e. The third-order valence-corrected chi connectivity index (χ3v) is 3.99. The molecule has 0 radical (unpaired) electrons. The number of nitrogen functional groups attached to an aromatic ring is 1. The average Bonchev–Trinajstić information content (AvgIpc) is 2.65. The SMILES string of the molecule is Cc1cn(N=Cc2ccc(S(C)(=O)=O)cc2Cl)c(N)n1. The Morgan fingerprint density at radius 1 is 1.45 bits per heavy atom. The van der Waals surface area contributed by atoms with E-state index in [2.05, 4.69) is 10.1 Å². The van der Waals surface area contributed by atoms with Crippen LogP contribution in [0.25, 0.3) is 0 Å².